The molecule has 0 radical (unpaired) electrons. The fourth-order valence-electron chi connectivity index (χ4n) is 2.74. The highest BCUT2D eigenvalue weighted by Gasteiger charge is 2.22. The summed E-state index contributed by atoms with van der Waals surface area (Å²) < 4.78 is 5.29. The van der Waals surface area contributed by atoms with Crippen molar-refractivity contribution in [3.05, 3.63) is 34.9 Å². The number of rotatable bonds is 6. The van der Waals surface area contributed by atoms with Crippen molar-refractivity contribution in [1.82, 2.24) is 4.90 Å². The van der Waals surface area contributed by atoms with E-state index in [1.54, 1.807) is 4.90 Å². The van der Waals surface area contributed by atoms with Gasteiger partial charge in [-0.05, 0) is 42.4 Å². The number of aliphatic hydroxyl groups is 1. The van der Waals surface area contributed by atoms with Gasteiger partial charge in [-0.15, -0.1) is 0 Å². The Kier molecular flexibility index (Phi) is 6.05. The Morgan fingerprint density at radius 1 is 1.38 bits per heavy atom. The third kappa shape index (κ3) is 4.21. The average molecular weight is 291 g/mol. The van der Waals surface area contributed by atoms with Crippen LogP contribution in [-0.4, -0.2) is 35.9 Å². The summed E-state index contributed by atoms with van der Waals surface area (Å²) >= 11 is 0. The monoisotopic (exact) mass is 291 g/mol. The van der Waals surface area contributed by atoms with Crippen LogP contribution in [-0.2, 0) is 24.1 Å². The Morgan fingerprint density at radius 3 is 3.00 bits per heavy atom. The van der Waals surface area contributed by atoms with Crippen LogP contribution in [0.1, 0.15) is 42.9 Å². The number of aliphatic hydroxyl groups excluding tert-OH is 1. The second kappa shape index (κ2) is 8.03. The van der Waals surface area contributed by atoms with Crippen LogP contribution < -0.4 is 0 Å². The van der Waals surface area contributed by atoms with Gasteiger partial charge in [-0.2, -0.15) is 0 Å². The van der Waals surface area contributed by atoms with Gasteiger partial charge in [0.25, 0.3) is 0 Å². The Morgan fingerprint density at radius 2 is 2.24 bits per heavy atom. The predicted molar refractivity (Wildman–Crippen MR) is 82.2 cm³/mol. The molecule has 0 bridgehead atoms. The molecule has 1 heterocycles. The van der Waals surface area contributed by atoms with E-state index in [2.05, 4.69) is 19.1 Å². The summed E-state index contributed by atoms with van der Waals surface area (Å²) in [5.74, 6) is 0. The number of carbonyl (C=O) groups is 1. The number of amides is 1. The minimum Gasteiger partial charge on any atom is -0.449 e. The van der Waals surface area contributed by atoms with Crippen molar-refractivity contribution in [3.8, 4) is 0 Å². The second-order valence-electron chi connectivity index (χ2n) is 5.52. The molecule has 0 fully saturated rings. The number of unbranched alkanes of at least 4 members (excludes halogenated alkanes) is 1. The van der Waals surface area contributed by atoms with Crippen LogP contribution in [0.5, 0.6) is 0 Å². The molecule has 116 valence electrons. The summed E-state index contributed by atoms with van der Waals surface area (Å²) in [6.45, 7) is 4.16. The van der Waals surface area contributed by atoms with E-state index >= 15 is 0 Å². The lowest BCUT2D eigenvalue weighted by atomic mass is 9.92. The third-order valence-corrected chi connectivity index (χ3v) is 3.95. The first-order chi connectivity index (χ1) is 10.3. The largest absolute Gasteiger partial charge is 0.449 e. The summed E-state index contributed by atoms with van der Waals surface area (Å²) in [5, 5.41) is 8.98. The van der Waals surface area contributed by atoms with Crippen LogP contribution in [0.4, 0.5) is 4.79 Å². The van der Waals surface area contributed by atoms with Gasteiger partial charge in [0, 0.05) is 19.7 Å². The maximum atomic E-state index is 12.0. The first-order valence-electron chi connectivity index (χ1n) is 7.88. The molecule has 0 unspecified atom stereocenters. The number of aryl methyl sites for hydroxylation is 1. The number of hydrogen-bond acceptors (Lipinski definition) is 3. The second-order valence-corrected chi connectivity index (χ2v) is 5.52. The zero-order valence-corrected chi connectivity index (χ0v) is 12.8. The highest BCUT2D eigenvalue weighted by atomic mass is 16.6. The summed E-state index contributed by atoms with van der Waals surface area (Å²) in [6, 6.07) is 6.25. The molecule has 21 heavy (non-hydrogen) atoms. The van der Waals surface area contributed by atoms with Crippen LogP contribution in [0, 0.1) is 0 Å². The van der Waals surface area contributed by atoms with Crippen molar-refractivity contribution in [2.75, 3.05) is 19.8 Å². The fraction of sp³-hybridized carbons (Fsp3) is 0.588. The molecule has 2 rings (SSSR count). The Hall–Kier alpha value is -1.55. The molecule has 0 aromatic heterocycles. The van der Waals surface area contributed by atoms with Crippen LogP contribution in [0.3, 0.4) is 0 Å². The minimum absolute atomic E-state index is 0.199. The van der Waals surface area contributed by atoms with Gasteiger partial charge in [-0.25, -0.2) is 4.79 Å². The number of benzene rings is 1. The number of fused-ring (bicyclic) bond motifs is 1. The Balaban J connectivity index is 1.98. The van der Waals surface area contributed by atoms with Gasteiger partial charge in [-0.1, -0.05) is 31.5 Å². The molecule has 1 aromatic carbocycles. The van der Waals surface area contributed by atoms with Gasteiger partial charge >= 0.3 is 6.09 Å². The maximum absolute atomic E-state index is 12.0. The summed E-state index contributed by atoms with van der Waals surface area (Å²) in [6.07, 6.45) is 4.32. The van der Waals surface area contributed by atoms with E-state index in [0.717, 1.165) is 32.1 Å². The van der Waals surface area contributed by atoms with Gasteiger partial charge in [0.05, 0.1) is 6.61 Å². The lowest BCUT2D eigenvalue weighted by molar-refractivity contribution is 0.0965. The van der Waals surface area contributed by atoms with Crippen molar-refractivity contribution in [2.45, 2.75) is 45.6 Å². The van der Waals surface area contributed by atoms with E-state index in [9.17, 15) is 4.79 Å². The lowest BCUT2D eigenvalue weighted by Crippen LogP contribution is -2.36. The van der Waals surface area contributed by atoms with Crippen molar-refractivity contribution in [2.24, 2.45) is 0 Å². The quantitative estimate of drug-likeness (QED) is 0.820. The standard InChI is InChI=1S/C17H25NO3/c1-2-3-12-21-17(20)18-10-9-16-14(8-5-11-19)6-4-7-15(16)13-18/h4,6-7,19H,2-3,5,8-13H2,1H3. The molecule has 1 aliphatic rings. The zero-order valence-electron chi connectivity index (χ0n) is 12.8. The SMILES string of the molecule is CCCCOC(=O)N1CCc2c(CCCO)cccc2C1. The molecule has 0 saturated heterocycles. The van der Waals surface area contributed by atoms with Gasteiger partial charge in [0.1, 0.15) is 0 Å². The molecule has 4 nitrogen and oxygen atoms in total. The Bertz CT molecular complexity index is 473. The number of nitrogens with zero attached hydrogens (tertiary/aromatic N) is 1. The first-order valence-corrected chi connectivity index (χ1v) is 7.88. The first kappa shape index (κ1) is 15.8. The van der Waals surface area contributed by atoms with E-state index in [1.807, 2.05) is 6.07 Å². The van der Waals surface area contributed by atoms with Crippen molar-refractivity contribution in [1.29, 1.82) is 0 Å². The summed E-state index contributed by atoms with van der Waals surface area (Å²) in [7, 11) is 0. The summed E-state index contributed by atoms with van der Waals surface area (Å²) in [5.41, 5.74) is 3.87. The normalized spacial score (nSPS) is 13.9. The van der Waals surface area contributed by atoms with Gasteiger partial charge < -0.3 is 14.7 Å². The molecule has 1 aromatic rings. The highest BCUT2D eigenvalue weighted by Crippen LogP contribution is 2.24. The Labute approximate surface area is 126 Å². The maximum Gasteiger partial charge on any atom is 0.410 e. The predicted octanol–water partition coefficient (Wildman–Crippen LogP) is 2.91. The molecule has 4 heteroatoms. The van der Waals surface area contributed by atoms with Crippen LogP contribution in [0.25, 0.3) is 0 Å². The zero-order chi connectivity index (χ0) is 15.1. The smallest absolute Gasteiger partial charge is 0.410 e. The molecule has 0 aliphatic carbocycles. The van der Waals surface area contributed by atoms with Crippen molar-refractivity contribution < 1.29 is 14.6 Å². The van der Waals surface area contributed by atoms with E-state index in [0.29, 0.717) is 19.7 Å². The van der Waals surface area contributed by atoms with E-state index in [4.69, 9.17) is 9.84 Å². The molecule has 1 N–H and O–H groups in total. The van der Waals surface area contributed by atoms with E-state index < -0.39 is 0 Å². The molecular formula is C17H25NO3. The van der Waals surface area contributed by atoms with Gasteiger partial charge in [0.15, 0.2) is 0 Å². The highest BCUT2D eigenvalue weighted by molar-refractivity contribution is 5.68. The van der Waals surface area contributed by atoms with E-state index in [1.165, 1.54) is 16.7 Å². The fourth-order valence-corrected chi connectivity index (χ4v) is 2.74. The van der Waals surface area contributed by atoms with Crippen molar-refractivity contribution in [3.63, 3.8) is 0 Å². The molecule has 0 atom stereocenters. The molecular weight excluding hydrogens is 266 g/mol. The number of ether oxygens (including phenoxy) is 1. The summed E-state index contributed by atoms with van der Waals surface area (Å²) in [4.78, 5) is 13.8. The molecule has 0 spiro atoms. The lowest BCUT2D eigenvalue weighted by Gasteiger charge is -2.29. The third-order valence-electron chi connectivity index (χ3n) is 3.95. The molecule has 1 amide bonds. The van der Waals surface area contributed by atoms with Gasteiger partial charge in [0.2, 0.25) is 0 Å². The van der Waals surface area contributed by atoms with Crippen LogP contribution in [0.15, 0.2) is 18.2 Å². The number of hydrogen-bond donors (Lipinski definition) is 1. The minimum atomic E-state index is -0.199. The van der Waals surface area contributed by atoms with Crippen LogP contribution in [0.2, 0.25) is 0 Å². The molecule has 1 aliphatic heterocycles. The van der Waals surface area contributed by atoms with E-state index in [-0.39, 0.29) is 12.7 Å². The van der Waals surface area contributed by atoms with Gasteiger partial charge in [-0.3, -0.25) is 0 Å². The number of carbonyl (C=O) groups excluding carboxylic acids is 1. The van der Waals surface area contributed by atoms with Crippen LogP contribution >= 0.6 is 0 Å². The topological polar surface area (TPSA) is 49.8 Å². The van der Waals surface area contributed by atoms with Crippen molar-refractivity contribution >= 4 is 6.09 Å². The average Bonchev–Trinajstić information content (AvgIpc) is 2.52. The molecule has 0 saturated carbocycles.